The van der Waals surface area contributed by atoms with Gasteiger partial charge >= 0.3 is 0 Å². The third-order valence-electron chi connectivity index (χ3n) is 12.6. The fourth-order valence-corrected chi connectivity index (χ4v) is 9.77. The minimum Gasteiger partial charge on any atom is -0.309 e. The number of para-hydroxylation sites is 1. The average Bonchev–Trinajstić information content (AvgIpc) is 3.61. The van der Waals surface area contributed by atoms with E-state index in [9.17, 15) is 0 Å². The highest BCUT2D eigenvalue weighted by Gasteiger charge is 2.29. The highest BCUT2D eigenvalue weighted by Crippen LogP contribution is 2.50. The van der Waals surface area contributed by atoms with Crippen LogP contribution >= 0.6 is 0 Å². The monoisotopic (exact) mass is 729 g/mol. The molecule has 0 saturated carbocycles. The van der Waals surface area contributed by atoms with Crippen molar-refractivity contribution in [2.75, 3.05) is 0 Å². The molecule has 0 bridgehead atoms. The van der Waals surface area contributed by atoms with Crippen molar-refractivity contribution in [1.29, 1.82) is 0 Å². The van der Waals surface area contributed by atoms with Crippen molar-refractivity contribution in [3.63, 3.8) is 0 Å². The van der Waals surface area contributed by atoms with Gasteiger partial charge in [-0.15, -0.1) is 0 Å². The number of fused-ring (bicyclic) bond motifs is 9. The van der Waals surface area contributed by atoms with Crippen molar-refractivity contribution in [1.82, 2.24) is 4.57 Å². The predicted molar refractivity (Wildman–Crippen MR) is 242 cm³/mol. The van der Waals surface area contributed by atoms with Crippen LogP contribution in [0.1, 0.15) is 47.4 Å². The summed E-state index contributed by atoms with van der Waals surface area (Å²) in [6, 6.07) is 57.1. The smallest absolute Gasteiger partial charge is 0.0541 e. The molecule has 0 spiro atoms. The minimum atomic E-state index is 0.409. The van der Waals surface area contributed by atoms with Gasteiger partial charge in [-0.1, -0.05) is 151 Å². The highest BCUT2D eigenvalue weighted by molar-refractivity contribution is 6.10. The quantitative estimate of drug-likeness (QED) is 0.161. The number of hydrogen-bond donors (Lipinski definition) is 0. The summed E-state index contributed by atoms with van der Waals surface area (Å²) in [7, 11) is 0. The van der Waals surface area contributed by atoms with Gasteiger partial charge in [0.2, 0.25) is 0 Å². The zero-order valence-corrected chi connectivity index (χ0v) is 32.3. The zero-order chi connectivity index (χ0) is 37.9. The molecule has 1 nitrogen and oxygen atoms in total. The molecule has 0 amide bonds. The molecule has 1 aromatic heterocycles. The van der Waals surface area contributed by atoms with E-state index in [1.165, 1.54) is 105 Å². The number of allylic oxidation sites excluding steroid dienone is 8. The van der Waals surface area contributed by atoms with Gasteiger partial charge in [0.15, 0.2) is 0 Å². The lowest BCUT2D eigenvalue weighted by Crippen LogP contribution is -2.11. The van der Waals surface area contributed by atoms with Gasteiger partial charge in [-0.05, 0) is 147 Å². The van der Waals surface area contributed by atoms with Gasteiger partial charge in [0, 0.05) is 22.4 Å². The summed E-state index contributed by atoms with van der Waals surface area (Å²) in [4.78, 5) is 0. The zero-order valence-electron chi connectivity index (χ0n) is 32.3. The molecule has 0 N–H and O–H groups in total. The lowest BCUT2D eigenvalue weighted by molar-refractivity contribution is 0.868. The number of hydrogen-bond acceptors (Lipinski definition) is 0. The molecule has 57 heavy (non-hydrogen) atoms. The summed E-state index contributed by atoms with van der Waals surface area (Å²) in [6.45, 7) is 2.24. The Morgan fingerprint density at radius 3 is 2.14 bits per heavy atom. The summed E-state index contributed by atoms with van der Waals surface area (Å²) in [5, 5.41) is 2.53. The third-order valence-corrected chi connectivity index (χ3v) is 12.6. The van der Waals surface area contributed by atoms with Gasteiger partial charge in [0.25, 0.3) is 0 Å². The lowest BCUT2D eigenvalue weighted by atomic mass is 9.72. The van der Waals surface area contributed by atoms with Crippen LogP contribution in [0.3, 0.4) is 0 Å². The standard InChI is InChI=1S/C56H43N/c1-37-26-27-40(34-52(37)45-19-6-5-16-43(45)32-38-14-3-2-4-15-38)42-29-31-56-54(36-42)51-24-11-12-25-55(51)57(56)44-18-13-17-39(33-44)41-28-30-50-48-22-8-7-20-46(48)47-21-9-10-23-49(47)53(50)35-41/h2-3,5-14,16-21,23-31,33-36,48H,4,15,22,32H2,1H3. The second kappa shape index (κ2) is 13.8. The fraction of sp³-hybridized carbons (Fsp3) is 0.107. The molecule has 3 aliphatic rings. The molecule has 1 atom stereocenters. The van der Waals surface area contributed by atoms with E-state index < -0.39 is 0 Å². The Morgan fingerprint density at radius 2 is 1.25 bits per heavy atom. The summed E-state index contributed by atoms with van der Waals surface area (Å²) < 4.78 is 2.45. The van der Waals surface area contributed by atoms with Gasteiger partial charge in [0.1, 0.15) is 0 Å². The van der Waals surface area contributed by atoms with Crippen LogP contribution in [0.25, 0.3) is 77.6 Å². The Morgan fingerprint density at radius 1 is 0.526 bits per heavy atom. The molecule has 0 radical (unpaired) electrons. The molecule has 1 heteroatoms. The summed E-state index contributed by atoms with van der Waals surface area (Å²) in [5.41, 5.74) is 22.3. The van der Waals surface area contributed by atoms with E-state index in [1.807, 2.05) is 0 Å². The number of aromatic nitrogens is 1. The maximum Gasteiger partial charge on any atom is 0.0541 e. The van der Waals surface area contributed by atoms with E-state index in [2.05, 4.69) is 200 Å². The van der Waals surface area contributed by atoms with Crippen molar-refractivity contribution < 1.29 is 0 Å². The molecule has 7 aromatic carbocycles. The molecule has 8 aromatic rings. The first-order valence-electron chi connectivity index (χ1n) is 20.5. The van der Waals surface area contributed by atoms with Crippen LogP contribution in [0.15, 0.2) is 194 Å². The lowest BCUT2D eigenvalue weighted by Gasteiger charge is -2.32. The van der Waals surface area contributed by atoms with Gasteiger partial charge in [-0.25, -0.2) is 0 Å². The van der Waals surface area contributed by atoms with Crippen LogP contribution in [-0.4, -0.2) is 4.57 Å². The SMILES string of the molecule is Cc1ccc(-c2ccc3c(c2)c2ccccc2n3-c2cccc(-c3ccc4c(c3)-c3ccccc3C3=CC=CCC34)c2)cc1-c1ccccc1CC1=CC=CCC1. The molecule has 0 fully saturated rings. The molecule has 1 unspecified atom stereocenters. The Labute approximate surface area is 335 Å². The van der Waals surface area contributed by atoms with E-state index in [4.69, 9.17) is 0 Å². The number of benzene rings is 7. The van der Waals surface area contributed by atoms with E-state index in [0.717, 1.165) is 25.7 Å². The molecule has 272 valence electrons. The van der Waals surface area contributed by atoms with Crippen LogP contribution in [-0.2, 0) is 6.42 Å². The molecule has 11 rings (SSSR count). The van der Waals surface area contributed by atoms with Crippen molar-refractivity contribution in [3.05, 3.63) is 216 Å². The number of aryl methyl sites for hydroxylation is 1. The number of nitrogens with zero attached hydrogens (tertiary/aromatic N) is 1. The van der Waals surface area contributed by atoms with E-state index >= 15 is 0 Å². The Hall–Kier alpha value is -6.70. The van der Waals surface area contributed by atoms with Crippen LogP contribution < -0.4 is 0 Å². The molecular formula is C56H43N. The van der Waals surface area contributed by atoms with E-state index in [0.29, 0.717) is 5.92 Å². The van der Waals surface area contributed by atoms with E-state index in [-0.39, 0.29) is 0 Å². The third kappa shape index (κ3) is 5.77. The van der Waals surface area contributed by atoms with Gasteiger partial charge in [-0.3, -0.25) is 0 Å². The second-order valence-corrected chi connectivity index (χ2v) is 16.0. The van der Waals surface area contributed by atoms with Gasteiger partial charge < -0.3 is 4.57 Å². The molecular weight excluding hydrogens is 687 g/mol. The van der Waals surface area contributed by atoms with Crippen molar-refractivity contribution >= 4 is 27.4 Å². The van der Waals surface area contributed by atoms with Gasteiger partial charge in [-0.2, -0.15) is 0 Å². The van der Waals surface area contributed by atoms with Crippen LogP contribution in [0, 0.1) is 6.92 Å². The van der Waals surface area contributed by atoms with Crippen LogP contribution in [0.2, 0.25) is 0 Å². The molecule has 1 heterocycles. The van der Waals surface area contributed by atoms with Crippen molar-refractivity contribution in [2.45, 2.75) is 38.5 Å². The Kier molecular flexibility index (Phi) is 8.14. The summed E-state index contributed by atoms with van der Waals surface area (Å²) >= 11 is 0. The highest BCUT2D eigenvalue weighted by atomic mass is 15.0. The molecule has 3 aliphatic carbocycles. The number of rotatable bonds is 6. The largest absolute Gasteiger partial charge is 0.309 e. The van der Waals surface area contributed by atoms with E-state index in [1.54, 1.807) is 0 Å². The normalized spacial score (nSPS) is 15.6. The van der Waals surface area contributed by atoms with Crippen molar-refractivity contribution in [2.24, 2.45) is 0 Å². The van der Waals surface area contributed by atoms with Crippen molar-refractivity contribution in [3.8, 4) is 50.2 Å². The van der Waals surface area contributed by atoms with Gasteiger partial charge in [0.05, 0.1) is 11.0 Å². The molecule has 0 saturated heterocycles. The summed E-state index contributed by atoms with van der Waals surface area (Å²) in [6.07, 6.45) is 18.0. The Bertz CT molecular complexity index is 3030. The summed E-state index contributed by atoms with van der Waals surface area (Å²) in [5.74, 6) is 0.409. The van der Waals surface area contributed by atoms with Crippen LogP contribution in [0.4, 0.5) is 0 Å². The Balaban J connectivity index is 0.987. The predicted octanol–water partition coefficient (Wildman–Crippen LogP) is 15.0. The first-order chi connectivity index (χ1) is 28.2. The molecule has 0 aliphatic heterocycles. The average molecular weight is 730 g/mol. The maximum atomic E-state index is 2.45. The maximum absolute atomic E-state index is 2.45. The second-order valence-electron chi connectivity index (χ2n) is 16.0. The minimum absolute atomic E-state index is 0.409. The first kappa shape index (κ1) is 33.6. The van der Waals surface area contributed by atoms with Crippen LogP contribution in [0.5, 0.6) is 0 Å². The fourth-order valence-electron chi connectivity index (χ4n) is 9.77. The topological polar surface area (TPSA) is 4.93 Å². The first-order valence-corrected chi connectivity index (χ1v) is 20.5.